The third kappa shape index (κ3) is 8.91. The van der Waals surface area contributed by atoms with Gasteiger partial charge in [-0.1, -0.05) is 0 Å². The van der Waals surface area contributed by atoms with Gasteiger partial charge in [0.05, 0.1) is 7.11 Å². The van der Waals surface area contributed by atoms with Crippen LogP contribution in [0.1, 0.15) is 0 Å². The van der Waals surface area contributed by atoms with Crippen molar-refractivity contribution in [1.82, 2.24) is 0 Å². The topological polar surface area (TPSA) is 35.5 Å². The van der Waals surface area contributed by atoms with Crippen LogP contribution < -0.4 is 0 Å². The first-order valence-electron chi connectivity index (χ1n) is 1.05. The molecule has 0 N–H and O–H groups in total. The van der Waals surface area contributed by atoms with E-state index in [4.69, 9.17) is 4.79 Å². The molecule has 0 atom stereocenters. The first-order valence-corrected chi connectivity index (χ1v) is 1.05. The minimum atomic E-state index is 0. The SMILES string of the molecule is COOC=O.[KH]. The van der Waals surface area contributed by atoms with E-state index in [9.17, 15) is 0 Å². The minimum absolute atomic E-state index is 0. The Hall–Kier alpha value is 1.07. The van der Waals surface area contributed by atoms with Gasteiger partial charge in [0, 0.05) is 0 Å². The van der Waals surface area contributed by atoms with Crippen molar-refractivity contribution in [3.63, 3.8) is 0 Å². The summed E-state index contributed by atoms with van der Waals surface area (Å²) in [5.41, 5.74) is 0. The molecule has 3 nitrogen and oxygen atoms in total. The second-order valence-corrected chi connectivity index (χ2v) is 0.359. The molecule has 0 heterocycles. The maximum absolute atomic E-state index is 9.06. The van der Waals surface area contributed by atoms with Gasteiger partial charge in [-0.05, 0) is 0 Å². The molecule has 6 heavy (non-hydrogen) atoms. The Kier molecular flexibility index (Phi) is 15.9. The van der Waals surface area contributed by atoms with Crippen LogP contribution in [-0.4, -0.2) is 65.0 Å². The van der Waals surface area contributed by atoms with E-state index < -0.39 is 0 Å². The summed E-state index contributed by atoms with van der Waals surface area (Å²) in [6, 6.07) is 0. The molecule has 0 fully saturated rings. The van der Waals surface area contributed by atoms with Crippen molar-refractivity contribution in [3.05, 3.63) is 0 Å². The molecular formula is C2H5KO3. The fourth-order valence-corrected chi connectivity index (χ4v) is 0.0393. The Labute approximate surface area is 78.3 Å². The fourth-order valence-electron chi connectivity index (χ4n) is 0.0393. The van der Waals surface area contributed by atoms with Gasteiger partial charge in [0.1, 0.15) is 0 Å². The Bertz CT molecular complexity index is 30.0. The van der Waals surface area contributed by atoms with Crippen LogP contribution in [0, 0.1) is 0 Å². The van der Waals surface area contributed by atoms with E-state index in [1.807, 2.05) is 0 Å². The average Bonchev–Trinajstić information content (AvgIpc) is 1.41. The molecule has 0 amide bonds. The van der Waals surface area contributed by atoms with Crippen LogP contribution in [0.25, 0.3) is 0 Å². The summed E-state index contributed by atoms with van der Waals surface area (Å²) < 4.78 is 0. The molecule has 0 aliphatic heterocycles. The van der Waals surface area contributed by atoms with E-state index in [2.05, 4.69) is 9.78 Å². The van der Waals surface area contributed by atoms with Crippen LogP contribution in [0.2, 0.25) is 0 Å². The van der Waals surface area contributed by atoms with E-state index in [0.717, 1.165) is 0 Å². The van der Waals surface area contributed by atoms with E-state index in [0.29, 0.717) is 0 Å². The van der Waals surface area contributed by atoms with Crippen molar-refractivity contribution in [2.24, 2.45) is 0 Å². The van der Waals surface area contributed by atoms with Gasteiger partial charge < -0.3 is 4.89 Å². The van der Waals surface area contributed by atoms with Crippen molar-refractivity contribution in [2.45, 2.75) is 0 Å². The predicted molar refractivity (Wildman–Crippen MR) is 21.3 cm³/mol. The Morgan fingerprint density at radius 1 is 1.67 bits per heavy atom. The number of carbonyl (C=O) groups is 1. The van der Waals surface area contributed by atoms with E-state index >= 15 is 0 Å². The van der Waals surface area contributed by atoms with Gasteiger partial charge in [-0.25, -0.2) is 0 Å². The average molecular weight is 116 g/mol. The Balaban J connectivity index is 0. The normalized spacial score (nSPS) is 5.50. The molecule has 0 aromatic carbocycles. The Morgan fingerprint density at radius 2 is 2.17 bits per heavy atom. The molecule has 4 heteroatoms. The third-order valence-electron chi connectivity index (χ3n) is 0.136. The van der Waals surface area contributed by atoms with Gasteiger partial charge in [0.25, 0.3) is 0 Å². The second kappa shape index (κ2) is 9.42. The van der Waals surface area contributed by atoms with Crippen LogP contribution in [-0.2, 0) is 14.6 Å². The van der Waals surface area contributed by atoms with Crippen LogP contribution >= 0.6 is 0 Å². The van der Waals surface area contributed by atoms with Gasteiger partial charge in [0.15, 0.2) is 0 Å². The van der Waals surface area contributed by atoms with Crippen molar-refractivity contribution >= 4 is 57.9 Å². The standard InChI is InChI=1S/C2H4O3.K.H/c1-4-5-2-3;;/h2H,1H3;;. The molecule has 0 unspecified atom stereocenters. The zero-order valence-electron chi connectivity index (χ0n) is 2.80. The molecule has 0 saturated heterocycles. The van der Waals surface area contributed by atoms with Crippen LogP contribution in [0.5, 0.6) is 0 Å². The molecule has 0 spiro atoms. The quantitative estimate of drug-likeness (QED) is 0.202. The number of rotatable bonds is 2. The summed E-state index contributed by atoms with van der Waals surface area (Å²) in [5, 5.41) is 0. The summed E-state index contributed by atoms with van der Waals surface area (Å²) in [4.78, 5) is 16.5. The monoisotopic (exact) mass is 116 g/mol. The molecule has 0 saturated carbocycles. The van der Waals surface area contributed by atoms with Crippen LogP contribution in [0.15, 0.2) is 0 Å². The van der Waals surface area contributed by atoms with Gasteiger partial charge in [-0.15, -0.1) is 0 Å². The first kappa shape index (κ1) is 10.1. The molecule has 0 aromatic rings. The second-order valence-electron chi connectivity index (χ2n) is 0.359. The predicted octanol–water partition coefficient (Wildman–Crippen LogP) is -0.928. The Morgan fingerprint density at radius 3 is 2.17 bits per heavy atom. The molecular weight excluding hydrogens is 111 g/mol. The molecule has 32 valence electrons. The van der Waals surface area contributed by atoms with Crippen molar-refractivity contribution < 1.29 is 14.6 Å². The van der Waals surface area contributed by atoms with Crippen molar-refractivity contribution in [1.29, 1.82) is 0 Å². The van der Waals surface area contributed by atoms with Crippen molar-refractivity contribution in [2.75, 3.05) is 7.11 Å². The summed E-state index contributed by atoms with van der Waals surface area (Å²) >= 11 is 0. The number of hydrogen-bond donors (Lipinski definition) is 0. The zero-order valence-corrected chi connectivity index (χ0v) is 2.80. The molecule has 0 rings (SSSR count). The third-order valence-corrected chi connectivity index (χ3v) is 0.136. The fraction of sp³-hybridized carbons (Fsp3) is 0.500. The number of hydrogen-bond acceptors (Lipinski definition) is 3. The molecule has 0 aliphatic carbocycles. The van der Waals surface area contributed by atoms with Crippen molar-refractivity contribution in [3.8, 4) is 0 Å². The summed E-state index contributed by atoms with van der Waals surface area (Å²) in [7, 11) is 1.26. The van der Waals surface area contributed by atoms with E-state index in [-0.39, 0.29) is 57.9 Å². The summed E-state index contributed by atoms with van der Waals surface area (Å²) in [6.07, 6.45) is 0. The molecule has 0 aromatic heterocycles. The summed E-state index contributed by atoms with van der Waals surface area (Å²) in [5.74, 6) is 0. The summed E-state index contributed by atoms with van der Waals surface area (Å²) in [6.45, 7) is 0.208. The van der Waals surface area contributed by atoms with Crippen LogP contribution in [0.4, 0.5) is 0 Å². The van der Waals surface area contributed by atoms with Gasteiger partial charge in [-0.3, -0.25) is 4.79 Å². The molecule has 0 aliphatic rings. The molecule has 0 bridgehead atoms. The maximum atomic E-state index is 9.06. The van der Waals surface area contributed by atoms with E-state index in [1.54, 1.807) is 0 Å². The first-order chi connectivity index (χ1) is 2.41. The van der Waals surface area contributed by atoms with Gasteiger partial charge in [0.2, 0.25) is 0 Å². The van der Waals surface area contributed by atoms with E-state index in [1.165, 1.54) is 7.11 Å². The van der Waals surface area contributed by atoms with Gasteiger partial charge >= 0.3 is 57.9 Å². The van der Waals surface area contributed by atoms with Crippen LogP contribution in [0.3, 0.4) is 0 Å². The van der Waals surface area contributed by atoms with Gasteiger partial charge in [-0.2, -0.15) is 4.89 Å². The molecule has 0 radical (unpaired) electrons. The number of carbonyl (C=O) groups excluding carboxylic acids is 1. The zero-order chi connectivity index (χ0) is 4.12.